The van der Waals surface area contributed by atoms with Crippen LogP contribution in [0.3, 0.4) is 0 Å². The van der Waals surface area contributed by atoms with Crippen molar-refractivity contribution in [2.45, 2.75) is 26.7 Å². The Labute approximate surface area is 82.5 Å². The Kier molecular flexibility index (Phi) is 3.22. The number of hydrogen-bond acceptors (Lipinski definition) is 5. The molecule has 0 bridgehead atoms. The molecule has 0 aliphatic heterocycles. The quantitative estimate of drug-likeness (QED) is 0.690. The van der Waals surface area contributed by atoms with E-state index < -0.39 is 5.97 Å². The van der Waals surface area contributed by atoms with E-state index in [0.717, 1.165) is 0 Å². The number of hydrogen-bond donors (Lipinski definition) is 0. The second kappa shape index (κ2) is 4.21. The monoisotopic (exact) mass is 198 g/mol. The zero-order valence-electron chi connectivity index (χ0n) is 8.77. The smallest absolute Gasteiger partial charge is 0.396 e. The van der Waals surface area contributed by atoms with Crippen LogP contribution in [0.25, 0.3) is 0 Å². The molecule has 0 aliphatic carbocycles. The molecule has 0 amide bonds. The fourth-order valence-electron chi connectivity index (χ4n) is 0.874. The molecule has 1 atom stereocenters. The Bertz CT molecular complexity index is 320. The third kappa shape index (κ3) is 2.10. The fourth-order valence-corrected chi connectivity index (χ4v) is 0.874. The largest absolute Gasteiger partial charge is 0.462 e. The predicted molar refractivity (Wildman–Crippen MR) is 48.9 cm³/mol. The molecular weight excluding hydrogens is 184 g/mol. The fraction of sp³-hybridized carbons (Fsp3) is 0.667. The van der Waals surface area contributed by atoms with Gasteiger partial charge in [0.15, 0.2) is 0 Å². The summed E-state index contributed by atoms with van der Waals surface area (Å²) in [4.78, 5) is 11.0. The second-order valence-electron chi connectivity index (χ2n) is 3.47. The van der Waals surface area contributed by atoms with Crippen LogP contribution in [0.2, 0.25) is 0 Å². The number of ether oxygens (including phenoxy) is 1. The maximum absolute atomic E-state index is 11.0. The highest BCUT2D eigenvalue weighted by atomic mass is 16.5. The van der Waals surface area contributed by atoms with Crippen LogP contribution in [0.15, 0.2) is 4.42 Å². The molecule has 0 saturated carbocycles. The second-order valence-corrected chi connectivity index (χ2v) is 3.47. The first kappa shape index (κ1) is 10.7. The SMILES string of the molecule is COC(=O)c1nnc(C(C)C(C)C)o1. The lowest BCUT2D eigenvalue weighted by atomic mass is 9.98. The van der Waals surface area contributed by atoms with E-state index in [-0.39, 0.29) is 11.8 Å². The first-order valence-electron chi connectivity index (χ1n) is 4.48. The molecule has 0 spiro atoms. The highest BCUT2D eigenvalue weighted by Crippen LogP contribution is 2.22. The molecule has 1 unspecified atom stereocenters. The average Bonchev–Trinajstić information content (AvgIpc) is 2.64. The Balaban J connectivity index is 2.82. The topological polar surface area (TPSA) is 65.2 Å². The molecule has 0 aliphatic rings. The zero-order valence-corrected chi connectivity index (χ0v) is 8.77. The summed E-state index contributed by atoms with van der Waals surface area (Å²) in [5, 5.41) is 7.39. The van der Waals surface area contributed by atoms with Crippen LogP contribution in [0.5, 0.6) is 0 Å². The van der Waals surface area contributed by atoms with Crippen molar-refractivity contribution in [3.8, 4) is 0 Å². The number of nitrogens with zero attached hydrogens (tertiary/aromatic N) is 2. The molecule has 0 radical (unpaired) electrons. The first-order valence-corrected chi connectivity index (χ1v) is 4.48. The lowest BCUT2D eigenvalue weighted by molar-refractivity contribution is 0.0553. The third-order valence-corrected chi connectivity index (χ3v) is 2.19. The highest BCUT2D eigenvalue weighted by Gasteiger charge is 2.20. The minimum absolute atomic E-state index is 0.0880. The number of aromatic nitrogens is 2. The number of carbonyl (C=O) groups is 1. The van der Waals surface area contributed by atoms with Gasteiger partial charge in [-0.3, -0.25) is 0 Å². The molecule has 5 nitrogen and oxygen atoms in total. The molecule has 1 aromatic heterocycles. The number of methoxy groups -OCH3 is 1. The van der Waals surface area contributed by atoms with Gasteiger partial charge in [0.2, 0.25) is 5.89 Å². The van der Waals surface area contributed by atoms with Crippen LogP contribution in [-0.2, 0) is 4.74 Å². The van der Waals surface area contributed by atoms with Gasteiger partial charge in [-0.15, -0.1) is 10.2 Å². The normalized spacial score (nSPS) is 12.9. The molecule has 1 aromatic rings. The van der Waals surface area contributed by atoms with Gasteiger partial charge in [0.25, 0.3) is 0 Å². The molecule has 1 heterocycles. The Morgan fingerprint density at radius 3 is 2.50 bits per heavy atom. The van der Waals surface area contributed by atoms with Gasteiger partial charge in [0.1, 0.15) is 0 Å². The number of rotatable bonds is 3. The molecular formula is C9H14N2O3. The van der Waals surface area contributed by atoms with Gasteiger partial charge in [-0.2, -0.15) is 0 Å². The van der Waals surface area contributed by atoms with Crippen LogP contribution >= 0.6 is 0 Å². The number of carbonyl (C=O) groups excluding carboxylic acids is 1. The van der Waals surface area contributed by atoms with E-state index in [0.29, 0.717) is 11.8 Å². The van der Waals surface area contributed by atoms with Gasteiger partial charge in [-0.1, -0.05) is 20.8 Å². The van der Waals surface area contributed by atoms with Crippen molar-refractivity contribution in [3.63, 3.8) is 0 Å². The van der Waals surface area contributed by atoms with E-state index in [1.807, 2.05) is 20.8 Å². The van der Waals surface area contributed by atoms with Crippen molar-refractivity contribution in [3.05, 3.63) is 11.8 Å². The van der Waals surface area contributed by atoms with Gasteiger partial charge in [-0.25, -0.2) is 4.79 Å². The van der Waals surface area contributed by atoms with Gasteiger partial charge in [0.05, 0.1) is 7.11 Å². The van der Waals surface area contributed by atoms with Gasteiger partial charge in [0, 0.05) is 5.92 Å². The van der Waals surface area contributed by atoms with Gasteiger partial charge < -0.3 is 9.15 Å². The van der Waals surface area contributed by atoms with Crippen LogP contribution in [-0.4, -0.2) is 23.3 Å². The summed E-state index contributed by atoms with van der Waals surface area (Å²) in [5.74, 6) is 0.317. The van der Waals surface area contributed by atoms with Crippen LogP contribution in [0.4, 0.5) is 0 Å². The van der Waals surface area contributed by atoms with E-state index in [9.17, 15) is 4.79 Å². The van der Waals surface area contributed by atoms with Crippen molar-refractivity contribution in [1.29, 1.82) is 0 Å². The van der Waals surface area contributed by atoms with Crippen LogP contribution in [0.1, 0.15) is 43.3 Å². The van der Waals surface area contributed by atoms with Gasteiger partial charge >= 0.3 is 11.9 Å². The van der Waals surface area contributed by atoms with E-state index in [1.54, 1.807) is 0 Å². The minimum Gasteiger partial charge on any atom is -0.462 e. The van der Waals surface area contributed by atoms with E-state index in [4.69, 9.17) is 4.42 Å². The van der Waals surface area contributed by atoms with Crippen molar-refractivity contribution < 1.29 is 13.9 Å². The van der Waals surface area contributed by atoms with Crippen molar-refractivity contribution >= 4 is 5.97 Å². The molecule has 0 saturated heterocycles. The summed E-state index contributed by atoms with van der Waals surface area (Å²) < 4.78 is 9.62. The molecule has 0 N–H and O–H groups in total. The summed E-state index contributed by atoms with van der Waals surface area (Å²) in [6.07, 6.45) is 0. The van der Waals surface area contributed by atoms with Crippen molar-refractivity contribution in [2.24, 2.45) is 5.92 Å². The number of esters is 1. The Morgan fingerprint density at radius 1 is 1.36 bits per heavy atom. The van der Waals surface area contributed by atoms with Crippen LogP contribution < -0.4 is 0 Å². The van der Waals surface area contributed by atoms with E-state index in [2.05, 4.69) is 14.9 Å². The molecule has 0 aromatic carbocycles. The zero-order chi connectivity index (χ0) is 10.7. The van der Waals surface area contributed by atoms with Gasteiger partial charge in [-0.05, 0) is 5.92 Å². The lowest BCUT2D eigenvalue weighted by Gasteiger charge is -2.09. The summed E-state index contributed by atoms with van der Waals surface area (Å²) in [6, 6.07) is 0. The lowest BCUT2D eigenvalue weighted by Crippen LogP contribution is -2.02. The maximum atomic E-state index is 11.0. The predicted octanol–water partition coefficient (Wildman–Crippen LogP) is 1.62. The molecule has 1 rings (SSSR count). The Hall–Kier alpha value is -1.39. The molecule has 14 heavy (non-hydrogen) atoms. The van der Waals surface area contributed by atoms with E-state index in [1.165, 1.54) is 7.11 Å². The van der Waals surface area contributed by atoms with Crippen molar-refractivity contribution in [2.75, 3.05) is 7.11 Å². The van der Waals surface area contributed by atoms with E-state index >= 15 is 0 Å². The summed E-state index contributed by atoms with van der Waals surface area (Å²) in [5.41, 5.74) is 0. The third-order valence-electron chi connectivity index (χ3n) is 2.19. The van der Waals surface area contributed by atoms with Crippen molar-refractivity contribution in [1.82, 2.24) is 10.2 Å². The molecule has 5 heteroatoms. The standard InChI is InChI=1S/C9H14N2O3/c1-5(2)6(3)7-10-11-8(14-7)9(12)13-4/h5-6H,1-4H3. The molecule has 78 valence electrons. The first-order chi connectivity index (χ1) is 6.56. The summed E-state index contributed by atoms with van der Waals surface area (Å²) in [7, 11) is 1.28. The highest BCUT2D eigenvalue weighted by molar-refractivity contribution is 5.83. The minimum atomic E-state index is -0.597. The molecule has 0 fully saturated rings. The summed E-state index contributed by atoms with van der Waals surface area (Å²) >= 11 is 0. The van der Waals surface area contributed by atoms with Crippen LogP contribution in [0, 0.1) is 5.92 Å². The Morgan fingerprint density at radius 2 is 2.00 bits per heavy atom. The maximum Gasteiger partial charge on any atom is 0.396 e. The summed E-state index contributed by atoms with van der Waals surface area (Å²) in [6.45, 7) is 6.07. The average molecular weight is 198 g/mol.